The number of hydrogen-bond donors (Lipinski definition) is 1. The monoisotopic (exact) mass is 237 g/mol. The van der Waals surface area contributed by atoms with Gasteiger partial charge in [-0.1, -0.05) is 0 Å². The topological polar surface area (TPSA) is 54.5 Å². The van der Waals surface area contributed by atoms with Crippen LogP contribution >= 0.6 is 0 Å². The number of amides is 1. The molecule has 0 unspecified atom stereocenters. The number of carbonyl (C=O) groups is 1. The van der Waals surface area contributed by atoms with Gasteiger partial charge in [-0.2, -0.15) is 0 Å². The average Bonchev–Trinajstić information content (AvgIpc) is 2.38. The van der Waals surface area contributed by atoms with Gasteiger partial charge in [0, 0.05) is 40.6 Å². The van der Waals surface area contributed by atoms with Gasteiger partial charge in [0.05, 0.1) is 5.56 Å². The Balaban J connectivity index is 2.67. The van der Waals surface area contributed by atoms with Crippen LogP contribution in [-0.2, 0) is 4.74 Å². The van der Waals surface area contributed by atoms with Crippen LogP contribution in [0.15, 0.2) is 18.3 Å². The molecule has 0 aliphatic carbocycles. The van der Waals surface area contributed by atoms with Gasteiger partial charge >= 0.3 is 0 Å². The molecule has 1 rings (SSSR count). The highest BCUT2D eigenvalue weighted by molar-refractivity contribution is 5.98. The maximum Gasteiger partial charge on any atom is 0.257 e. The first-order valence-electron chi connectivity index (χ1n) is 5.58. The van der Waals surface area contributed by atoms with Gasteiger partial charge in [0.2, 0.25) is 0 Å². The maximum absolute atomic E-state index is 12.1. The molecule has 0 saturated carbocycles. The van der Waals surface area contributed by atoms with Crippen molar-refractivity contribution in [3.8, 4) is 0 Å². The van der Waals surface area contributed by atoms with Crippen molar-refractivity contribution >= 4 is 11.7 Å². The van der Waals surface area contributed by atoms with Crippen molar-refractivity contribution in [3.63, 3.8) is 0 Å². The van der Waals surface area contributed by atoms with Crippen LogP contribution in [0, 0.1) is 0 Å². The smallest absolute Gasteiger partial charge is 0.257 e. The number of pyridine rings is 1. The summed E-state index contributed by atoms with van der Waals surface area (Å²) in [6.45, 7) is 1.33. The molecule has 94 valence electrons. The van der Waals surface area contributed by atoms with Crippen LogP contribution in [0.25, 0.3) is 0 Å². The van der Waals surface area contributed by atoms with E-state index in [0.717, 1.165) is 6.42 Å². The van der Waals surface area contributed by atoms with E-state index in [0.29, 0.717) is 24.5 Å². The summed E-state index contributed by atoms with van der Waals surface area (Å²) in [6.07, 6.45) is 2.49. The third-order valence-corrected chi connectivity index (χ3v) is 2.46. The van der Waals surface area contributed by atoms with Gasteiger partial charge < -0.3 is 15.0 Å². The average molecular weight is 237 g/mol. The van der Waals surface area contributed by atoms with Crippen LogP contribution in [0.5, 0.6) is 0 Å². The van der Waals surface area contributed by atoms with Crippen molar-refractivity contribution in [3.05, 3.63) is 23.9 Å². The largest absolute Gasteiger partial charge is 0.385 e. The summed E-state index contributed by atoms with van der Waals surface area (Å²) >= 11 is 0. The van der Waals surface area contributed by atoms with E-state index in [1.54, 1.807) is 44.4 Å². The van der Waals surface area contributed by atoms with E-state index >= 15 is 0 Å². The van der Waals surface area contributed by atoms with E-state index < -0.39 is 0 Å². The van der Waals surface area contributed by atoms with Crippen LogP contribution in [0.2, 0.25) is 0 Å². The molecule has 5 heteroatoms. The number of aromatic nitrogens is 1. The van der Waals surface area contributed by atoms with Gasteiger partial charge in [0.25, 0.3) is 5.91 Å². The summed E-state index contributed by atoms with van der Waals surface area (Å²) in [4.78, 5) is 17.9. The molecule has 5 nitrogen and oxygen atoms in total. The second-order valence-corrected chi connectivity index (χ2v) is 3.72. The number of nitrogens with zero attached hydrogens (tertiary/aromatic N) is 2. The van der Waals surface area contributed by atoms with Crippen molar-refractivity contribution in [1.82, 2.24) is 9.88 Å². The minimum atomic E-state index is -0.0291. The number of hydrogen-bond acceptors (Lipinski definition) is 4. The molecule has 1 amide bonds. The first-order chi connectivity index (χ1) is 8.20. The first-order valence-corrected chi connectivity index (χ1v) is 5.58. The van der Waals surface area contributed by atoms with E-state index in [1.165, 1.54) is 0 Å². The fraction of sp³-hybridized carbons (Fsp3) is 0.500. The summed E-state index contributed by atoms with van der Waals surface area (Å²) in [5, 5.41) is 2.92. The second-order valence-electron chi connectivity index (χ2n) is 3.72. The molecule has 0 aliphatic heterocycles. The van der Waals surface area contributed by atoms with E-state index in [-0.39, 0.29) is 5.91 Å². The molecule has 0 spiro atoms. The van der Waals surface area contributed by atoms with Crippen molar-refractivity contribution < 1.29 is 9.53 Å². The van der Waals surface area contributed by atoms with E-state index in [2.05, 4.69) is 10.3 Å². The molecule has 1 aromatic heterocycles. The third-order valence-electron chi connectivity index (χ3n) is 2.46. The Morgan fingerprint density at radius 1 is 1.59 bits per heavy atom. The lowest BCUT2D eigenvalue weighted by Crippen LogP contribution is -2.29. The quantitative estimate of drug-likeness (QED) is 0.756. The summed E-state index contributed by atoms with van der Waals surface area (Å²) in [7, 11) is 5.19. The van der Waals surface area contributed by atoms with E-state index in [4.69, 9.17) is 4.74 Å². The van der Waals surface area contributed by atoms with Crippen LogP contribution in [-0.4, -0.2) is 50.1 Å². The molecular formula is C12H19N3O2. The van der Waals surface area contributed by atoms with Gasteiger partial charge in [-0.3, -0.25) is 4.79 Å². The number of methoxy groups -OCH3 is 1. The zero-order chi connectivity index (χ0) is 12.7. The van der Waals surface area contributed by atoms with Gasteiger partial charge in [0.1, 0.15) is 5.82 Å². The Labute approximate surface area is 102 Å². The minimum Gasteiger partial charge on any atom is -0.385 e. The molecule has 0 aromatic carbocycles. The summed E-state index contributed by atoms with van der Waals surface area (Å²) in [5.41, 5.74) is 0.593. The fourth-order valence-electron chi connectivity index (χ4n) is 1.53. The molecule has 0 bridgehead atoms. The molecule has 1 N–H and O–H groups in total. The lowest BCUT2D eigenvalue weighted by molar-refractivity contribution is 0.0780. The number of rotatable bonds is 6. The van der Waals surface area contributed by atoms with Crippen molar-refractivity contribution in [2.24, 2.45) is 0 Å². The molecule has 1 aromatic rings. The predicted octanol–water partition coefficient (Wildman–Crippen LogP) is 1.23. The number of anilines is 1. The van der Waals surface area contributed by atoms with Crippen LogP contribution in [0.4, 0.5) is 5.82 Å². The van der Waals surface area contributed by atoms with Crippen molar-refractivity contribution in [1.29, 1.82) is 0 Å². The van der Waals surface area contributed by atoms with Gasteiger partial charge in [0.15, 0.2) is 0 Å². The number of nitrogens with one attached hydrogen (secondary N) is 1. The van der Waals surface area contributed by atoms with Crippen molar-refractivity contribution in [2.75, 3.05) is 39.7 Å². The molecule has 0 aliphatic rings. The van der Waals surface area contributed by atoms with Crippen molar-refractivity contribution in [2.45, 2.75) is 6.42 Å². The molecular weight excluding hydrogens is 218 g/mol. The van der Waals surface area contributed by atoms with Crippen LogP contribution in [0.1, 0.15) is 16.8 Å². The standard InChI is InChI=1S/C12H19N3O2/c1-13-11-10(6-4-7-14-11)12(16)15(2)8-5-9-17-3/h4,6-7H,5,8-9H2,1-3H3,(H,13,14). The highest BCUT2D eigenvalue weighted by Gasteiger charge is 2.15. The van der Waals surface area contributed by atoms with Gasteiger partial charge in [-0.15, -0.1) is 0 Å². The van der Waals surface area contributed by atoms with Gasteiger partial charge in [-0.25, -0.2) is 4.98 Å². The molecule has 1 heterocycles. The zero-order valence-electron chi connectivity index (χ0n) is 10.6. The molecule has 0 saturated heterocycles. The SMILES string of the molecule is CNc1ncccc1C(=O)N(C)CCCOC. The third kappa shape index (κ3) is 3.71. The summed E-state index contributed by atoms with van der Waals surface area (Å²) in [5.74, 6) is 0.578. The Hall–Kier alpha value is -1.62. The Bertz CT molecular complexity index is 369. The summed E-state index contributed by atoms with van der Waals surface area (Å²) in [6, 6.07) is 3.53. The van der Waals surface area contributed by atoms with Crippen LogP contribution in [0.3, 0.4) is 0 Å². The zero-order valence-corrected chi connectivity index (χ0v) is 10.6. The lowest BCUT2D eigenvalue weighted by Gasteiger charge is -2.18. The fourth-order valence-corrected chi connectivity index (χ4v) is 1.53. The second kappa shape index (κ2) is 6.85. The number of ether oxygens (including phenoxy) is 1. The highest BCUT2D eigenvalue weighted by atomic mass is 16.5. The first kappa shape index (κ1) is 13.4. The molecule has 0 radical (unpaired) electrons. The maximum atomic E-state index is 12.1. The van der Waals surface area contributed by atoms with Crippen LogP contribution < -0.4 is 5.32 Å². The molecule has 17 heavy (non-hydrogen) atoms. The van der Waals surface area contributed by atoms with E-state index in [1.807, 2.05) is 0 Å². The number of carbonyl (C=O) groups excluding carboxylic acids is 1. The van der Waals surface area contributed by atoms with Gasteiger partial charge in [-0.05, 0) is 18.6 Å². The molecule has 0 fully saturated rings. The normalized spacial score (nSPS) is 10.1. The minimum absolute atomic E-state index is 0.0291. The van der Waals surface area contributed by atoms with E-state index in [9.17, 15) is 4.79 Å². The Morgan fingerprint density at radius 2 is 2.35 bits per heavy atom. The highest BCUT2D eigenvalue weighted by Crippen LogP contribution is 2.12. The predicted molar refractivity (Wildman–Crippen MR) is 67.2 cm³/mol. The Kier molecular flexibility index (Phi) is 5.42. The molecule has 0 atom stereocenters. The lowest BCUT2D eigenvalue weighted by atomic mass is 10.2. The Morgan fingerprint density at radius 3 is 3.00 bits per heavy atom. The summed E-state index contributed by atoms with van der Waals surface area (Å²) < 4.78 is 4.96.